The molecular weight excluding hydrogens is 412 g/mol. The zero-order valence-electron chi connectivity index (χ0n) is 19.3. The van der Waals surface area contributed by atoms with Gasteiger partial charge in [0.05, 0.1) is 0 Å². The van der Waals surface area contributed by atoms with Crippen LogP contribution >= 0.6 is 0 Å². The Kier molecular flexibility index (Phi) is 5.97. The Morgan fingerprint density at radius 3 is 1.64 bits per heavy atom. The molecule has 0 aliphatic carbocycles. The fourth-order valence-corrected chi connectivity index (χ4v) is 3.28. The van der Waals surface area contributed by atoms with E-state index in [4.69, 9.17) is 9.15 Å². The van der Waals surface area contributed by atoms with E-state index in [1.165, 1.54) is 5.56 Å². The summed E-state index contributed by atoms with van der Waals surface area (Å²) in [6, 6.07) is 23.4. The second kappa shape index (κ2) is 8.87. The summed E-state index contributed by atoms with van der Waals surface area (Å²) in [6.45, 7) is 11.8. The molecule has 33 heavy (non-hydrogen) atoms. The number of nitrogens with zero attached hydrogens (tertiary/aromatic N) is 2. The predicted molar refractivity (Wildman–Crippen MR) is 130 cm³/mol. The minimum Gasteiger partial charge on any atom is -0.423 e. The standard InChI is InChI=1S/C28H26N2O3/c1-18(2)27(31)32-24-16-12-20(13-17-24)19-6-8-21(9-7-19)25-29-30-26(33-25)22-10-14-23(15-11-22)28(3,4)5/h6-17H,1H2,2-5H3. The van der Waals surface area contributed by atoms with Gasteiger partial charge in [-0.3, -0.25) is 0 Å². The Balaban J connectivity index is 1.48. The molecule has 1 aromatic heterocycles. The highest BCUT2D eigenvalue weighted by molar-refractivity contribution is 5.88. The molecule has 1 heterocycles. The summed E-state index contributed by atoms with van der Waals surface area (Å²) in [5, 5.41) is 8.43. The van der Waals surface area contributed by atoms with Crippen molar-refractivity contribution in [3.05, 3.63) is 90.5 Å². The summed E-state index contributed by atoms with van der Waals surface area (Å²) in [7, 11) is 0. The molecule has 166 valence electrons. The highest BCUT2D eigenvalue weighted by atomic mass is 16.5. The summed E-state index contributed by atoms with van der Waals surface area (Å²) in [6.07, 6.45) is 0. The van der Waals surface area contributed by atoms with E-state index in [1.807, 2.05) is 48.5 Å². The van der Waals surface area contributed by atoms with Crippen molar-refractivity contribution < 1.29 is 13.9 Å². The van der Waals surface area contributed by atoms with E-state index in [1.54, 1.807) is 19.1 Å². The molecule has 0 N–H and O–H groups in total. The first-order valence-corrected chi connectivity index (χ1v) is 10.7. The van der Waals surface area contributed by atoms with Crippen LogP contribution in [0.1, 0.15) is 33.3 Å². The van der Waals surface area contributed by atoms with Gasteiger partial charge in [-0.25, -0.2) is 4.79 Å². The molecule has 0 bridgehead atoms. The van der Waals surface area contributed by atoms with E-state index >= 15 is 0 Å². The number of esters is 1. The lowest BCUT2D eigenvalue weighted by Crippen LogP contribution is -2.10. The number of carbonyl (C=O) groups is 1. The van der Waals surface area contributed by atoms with Crippen molar-refractivity contribution in [1.82, 2.24) is 10.2 Å². The van der Waals surface area contributed by atoms with Crippen LogP contribution in [-0.2, 0) is 10.2 Å². The van der Waals surface area contributed by atoms with E-state index in [0.29, 0.717) is 23.1 Å². The van der Waals surface area contributed by atoms with Crippen molar-refractivity contribution in [3.8, 4) is 39.8 Å². The molecular formula is C28H26N2O3. The third-order valence-corrected chi connectivity index (χ3v) is 5.30. The molecule has 0 fully saturated rings. The Hall–Kier alpha value is -3.99. The van der Waals surface area contributed by atoms with Gasteiger partial charge in [0.1, 0.15) is 5.75 Å². The maximum atomic E-state index is 11.6. The number of rotatable bonds is 5. The van der Waals surface area contributed by atoms with E-state index in [0.717, 1.165) is 22.3 Å². The highest BCUT2D eigenvalue weighted by Gasteiger charge is 2.15. The molecule has 4 aromatic rings. The number of ether oxygens (including phenoxy) is 1. The molecule has 0 aliphatic rings. The summed E-state index contributed by atoms with van der Waals surface area (Å²) in [5.74, 6) is 1.02. The average molecular weight is 439 g/mol. The number of carbonyl (C=O) groups excluding carboxylic acids is 1. The van der Waals surface area contributed by atoms with Crippen LogP contribution in [-0.4, -0.2) is 16.2 Å². The monoisotopic (exact) mass is 438 g/mol. The van der Waals surface area contributed by atoms with Crippen molar-refractivity contribution in [3.63, 3.8) is 0 Å². The minimum absolute atomic E-state index is 0.0929. The Morgan fingerprint density at radius 2 is 1.18 bits per heavy atom. The first-order valence-electron chi connectivity index (χ1n) is 10.7. The number of hydrogen-bond donors (Lipinski definition) is 0. The van der Waals surface area contributed by atoms with E-state index in [2.05, 4.69) is 49.7 Å². The zero-order chi connectivity index (χ0) is 23.6. The maximum absolute atomic E-state index is 11.6. The van der Waals surface area contributed by atoms with Crippen LogP contribution in [0, 0.1) is 0 Å². The Bertz CT molecular complexity index is 1280. The number of aromatic nitrogens is 2. The SMILES string of the molecule is C=C(C)C(=O)Oc1ccc(-c2ccc(-c3nnc(-c4ccc(C(C)(C)C)cc4)o3)cc2)cc1. The molecule has 0 amide bonds. The van der Waals surface area contributed by atoms with E-state index in [9.17, 15) is 4.79 Å². The number of hydrogen-bond acceptors (Lipinski definition) is 5. The topological polar surface area (TPSA) is 65.2 Å². The first-order chi connectivity index (χ1) is 15.7. The lowest BCUT2D eigenvalue weighted by molar-refractivity contribution is -0.130. The molecule has 0 unspecified atom stereocenters. The molecule has 4 rings (SSSR count). The fourth-order valence-electron chi connectivity index (χ4n) is 3.28. The second-order valence-corrected chi connectivity index (χ2v) is 9.01. The average Bonchev–Trinajstić information content (AvgIpc) is 3.29. The maximum Gasteiger partial charge on any atom is 0.338 e. The minimum atomic E-state index is -0.434. The summed E-state index contributed by atoms with van der Waals surface area (Å²) in [4.78, 5) is 11.6. The van der Waals surface area contributed by atoms with Crippen molar-refractivity contribution in [2.45, 2.75) is 33.1 Å². The van der Waals surface area contributed by atoms with Crippen LogP contribution < -0.4 is 4.74 Å². The third-order valence-electron chi connectivity index (χ3n) is 5.30. The second-order valence-electron chi connectivity index (χ2n) is 9.01. The van der Waals surface area contributed by atoms with Gasteiger partial charge >= 0.3 is 5.97 Å². The Labute approximate surface area is 193 Å². The normalized spacial score (nSPS) is 11.3. The van der Waals surface area contributed by atoms with Crippen LogP contribution in [0.5, 0.6) is 5.75 Å². The van der Waals surface area contributed by atoms with Crippen molar-refractivity contribution in [1.29, 1.82) is 0 Å². The summed E-state index contributed by atoms with van der Waals surface area (Å²) < 4.78 is 11.2. The molecule has 3 aromatic carbocycles. The predicted octanol–water partition coefficient (Wildman–Crippen LogP) is 6.85. The van der Waals surface area contributed by atoms with Gasteiger partial charge in [0, 0.05) is 16.7 Å². The fraction of sp³-hybridized carbons (Fsp3) is 0.179. The van der Waals surface area contributed by atoms with Gasteiger partial charge in [0.2, 0.25) is 11.8 Å². The first kappa shape index (κ1) is 22.2. The van der Waals surface area contributed by atoms with Gasteiger partial charge in [-0.05, 0) is 65.4 Å². The van der Waals surface area contributed by atoms with Crippen LogP contribution in [0.2, 0.25) is 0 Å². The van der Waals surface area contributed by atoms with Crippen LogP contribution in [0.15, 0.2) is 89.4 Å². The third kappa shape index (κ3) is 5.09. The van der Waals surface area contributed by atoms with E-state index in [-0.39, 0.29) is 5.41 Å². The van der Waals surface area contributed by atoms with Gasteiger partial charge in [0.25, 0.3) is 0 Å². The lowest BCUT2D eigenvalue weighted by Gasteiger charge is -2.18. The summed E-state index contributed by atoms with van der Waals surface area (Å²) >= 11 is 0. The quantitative estimate of drug-likeness (QED) is 0.194. The van der Waals surface area contributed by atoms with Crippen molar-refractivity contribution in [2.24, 2.45) is 0 Å². The van der Waals surface area contributed by atoms with Gasteiger partial charge < -0.3 is 9.15 Å². The highest BCUT2D eigenvalue weighted by Crippen LogP contribution is 2.29. The molecule has 0 atom stereocenters. The molecule has 0 radical (unpaired) electrons. The van der Waals surface area contributed by atoms with Gasteiger partial charge in [0.15, 0.2) is 0 Å². The van der Waals surface area contributed by atoms with Gasteiger partial charge in [-0.15, -0.1) is 10.2 Å². The zero-order valence-corrected chi connectivity index (χ0v) is 19.3. The number of benzene rings is 3. The van der Waals surface area contributed by atoms with Crippen LogP contribution in [0.4, 0.5) is 0 Å². The molecule has 5 heteroatoms. The molecule has 5 nitrogen and oxygen atoms in total. The summed E-state index contributed by atoms with van der Waals surface area (Å²) in [5.41, 5.74) is 5.47. The largest absolute Gasteiger partial charge is 0.423 e. The van der Waals surface area contributed by atoms with Gasteiger partial charge in [-0.2, -0.15) is 0 Å². The molecule has 0 saturated carbocycles. The van der Waals surface area contributed by atoms with Crippen molar-refractivity contribution >= 4 is 5.97 Å². The lowest BCUT2D eigenvalue weighted by atomic mass is 9.87. The smallest absolute Gasteiger partial charge is 0.338 e. The van der Waals surface area contributed by atoms with Crippen LogP contribution in [0.25, 0.3) is 34.0 Å². The van der Waals surface area contributed by atoms with Crippen molar-refractivity contribution in [2.75, 3.05) is 0 Å². The van der Waals surface area contributed by atoms with Gasteiger partial charge in [-0.1, -0.05) is 63.7 Å². The molecule has 0 saturated heterocycles. The molecule has 0 aliphatic heterocycles. The van der Waals surface area contributed by atoms with Crippen LogP contribution in [0.3, 0.4) is 0 Å². The Morgan fingerprint density at radius 1 is 0.758 bits per heavy atom. The van der Waals surface area contributed by atoms with E-state index < -0.39 is 5.97 Å². The molecule has 0 spiro atoms.